The van der Waals surface area contributed by atoms with E-state index < -0.39 is 16.0 Å². The largest absolute Gasteiger partial charge is 0.478 e. The smallest absolute Gasteiger partial charge is 0.335 e. The van der Waals surface area contributed by atoms with Crippen LogP contribution in [0, 0.1) is 11.5 Å². The Morgan fingerprint density at radius 2 is 2.13 bits per heavy atom. The summed E-state index contributed by atoms with van der Waals surface area (Å²) >= 11 is 0. The fourth-order valence-corrected chi connectivity index (χ4v) is 1.69. The molecule has 15 heavy (non-hydrogen) atoms. The topological polar surface area (TPSA) is 107 Å². The highest BCUT2D eigenvalue weighted by Crippen LogP contribution is 2.10. The first-order valence-corrected chi connectivity index (χ1v) is 5.20. The molecule has 0 unspecified atom stereocenters. The standard InChI is InChI=1S/C8H6N2O4S/c9-5-10-15(13,14)7-3-1-2-6(4-7)8(11)12/h1-4,10H,(H,11,12). The fraction of sp³-hybridized carbons (Fsp3) is 0. The Morgan fingerprint density at radius 1 is 1.47 bits per heavy atom. The normalized spacial score (nSPS) is 10.3. The molecule has 1 aromatic carbocycles. The van der Waals surface area contributed by atoms with E-state index in [2.05, 4.69) is 0 Å². The van der Waals surface area contributed by atoms with Crippen molar-refractivity contribution in [3.05, 3.63) is 29.8 Å². The van der Waals surface area contributed by atoms with Gasteiger partial charge in [-0.1, -0.05) is 6.07 Å². The minimum absolute atomic E-state index is 0.157. The molecule has 0 heterocycles. The third kappa shape index (κ3) is 2.45. The number of carboxylic acid groups (broad SMARTS) is 1. The van der Waals surface area contributed by atoms with Crippen molar-refractivity contribution < 1.29 is 18.3 Å². The molecule has 1 rings (SSSR count). The van der Waals surface area contributed by atoms with Crippen LogP contribution in [-0.2, 0) is 10.0 Å². The summed E-state index contributed by atoms with van der Waals surface area (Å²) in [6.07, 6.45) is 1.27. The van der Waals surface area contributed by atoms with Crippen LogP contribution in [0.5, 0.6) is 0 Å². The van der Waals surface area contributed by atoms with Gasteiger partial charge in [-0.15, -0.1) is 0 Å². The second-order valence-electron chi connectivity index (χ2n) is 2.55. The third-order valence-corrected chi connectivity index (χ3v) is 2.81. The number of aromatic carboxylic acids is 1. The van der Waals surface area contributed by atoms with E-state index in [4.69, 9.17) is 10.4 Å². The highest BCUT2D eigenvalue weighted by molar-refractivity contribution is 7.89. The van der Waals surface area contributed by atoms with Crippen molar-refractivity contribution in [2.24, 2.45) is 0 Å². The number of carbonyl (C=O) groups is 1. The number of nitrogens with zero attached hydrogens (tertiary/aromatic N) is 1. The zero-order valence-electron chi connectivity index (χ0n) is 7.34. The monoisotopic (exact) mass is 226 g/mol. The van der Waals surface area contributed by atoms with Crippen molar-refractivity contribution in [1.82, 2.24) is 4.72 Å². The maximum Gasteiger partial charge on any atom is 0.335 e. The van der Waals surface area contributed by atoms with Crippen molar-refractivity contribution in [3.8, 4) is 6.19 Å². The molecule has 0 saturated heterocycles. The summed E-state index contributed by atoms with van der Waals surface area (Å²) in [5.74, 6) is -1.23. The second kappa shape index (κ2) is 3.98. The van der Waals surface area contributed by atoms with E-state index in [-0.39, 0.29) is 10.5 Å². The Hall–Kier alpha value is -2.07. The molecule has 0 aliphatic heterocycles. The molecule has 0 saturated carbocycles. The van der Waals surface area contributed by atoms with Gasteiger partial charge in [0.25, 0.3) is 10.0 Å². The minimum atomic E-state index is -3.94. The van der Waals surface area contributed by atoms with Crippen molar-refractivity contribution in [2.45, 2.75) is 4.90 Å². The van der Waals surface area contributed by atoms with Gasteiger partial charge in [0.15, 0.2) is 6.19 Å². The third-order valence-electron chi connectivity index (χ3n) is 1.57. The molecule has 0 atom stereocenters. The van der Waals surface area contributed by atoms with Crippen molar-refractivity contribution in [3.63, 3.8) is 0 Å². The summed E-state index contributed by atoms with van der Waals surface area (Å²) in [6, 6.07) is 4.72. The lowest BCUT2D eigenvalue weighted by Crippen LogP contribution is -2.18. The van der Waals surface area contributed by atoms with Gasteiger partial charge >= 0.3 is 5.97 Å². The number of rotatable bonds is 3. The number of hydrogen-bond acceptors (Lipinski definition) is 4. The Bertz CT molecular complexity index is 530. The van der Waals surface area contributed by atoms with Crippen LogP contribution in [0.2, 0.25) is 0 Å². The number of hydrogen-bond donors (Lipinski definition) is 2. The zero-order chi connectivity index (χ0) is 11.5. The first-order valence-electron chi connectivity index (χ1n) is 3.71. The maximum atomic E-state index is 11.3. The van der Waals surface area contributed by atoms with Gasteiger partial charge in [0, 0.05) is 0 Å². The van der Waals surface area contributed by atoms with E-state index in [1.54, 1.807) is 4.72 Å². The Kier molecular flexibility index (Phi) is 2.92. The summed E-state index contributed by atoms with van der Waals surface area (Å²) in [6.45, 7) is 0. The molecular formula is C8H6N2O4S. The van der Waals surface area contributed by atoms with Gasteiger partial charge < -0.3 is 5.11 Å². The van der Waals surface area contributed by atoms with Crippen LogP contribution >= 0.6 is 0 Å². The van der Waals surface area contributed by atoms with Gasteiger partial charge in [0.1, 0.15) is 0 Å². The summed E-state index contributed by atoms with van der Waals surface area (Å²) in [7, 11) is -3.94. The van der Waals surface area contributed by atoms with E-state index in [1.165, 1.54) is 24.4 Å². The number of benzene rings is 1. The lowest BCUT2D eigenvalue weighted by Gasteiger charge is -2.01. The van der Waals surface area contributed by atoms with Gasteiger partial charge in [-0.05, 0) is 18.2 Å². The number of nitriles is 1. The van der Waals surface area contributed by atoms with Crippen LogP contribution in [0.15, 0.2) is 29.2 Å². The van der Waals surface area contributed by atoms with Crippen molar-refractivity contribution >= 4 is 16.0 Å². The lowest BCUT2D eigenvalue weighted by molar-refractivity contribution is 0.0696. The molecule has 78 valence electrons. The zero-order valence-corrected chi connectivity index (χ0v) is 8.15. The fourth-order valence-electron chi connectivity index (χ4n) is 0.915. The number of nitrogens with one attached hydrogen (secondary N) is 1. The predicted molar refractivity (Wildman–Crippen MR) is 49.3 cm³/mol. The van der Waals surface area contributed by atoms with Gasteiger partial charge in [-0.25, -0.2) is 17.9 Å². The summed E-state index contributed by atoms with van der Waals surface area (Å²) in [4.78, 5) is 10.3. The average Bonchev–Trinajstić information content (AvgIpc) is 2.18. The molecule has 0 fully saturated rings. The van der Waals surface area contributed by atoms with Crippen LogP contribution < -0.4 is 4.72 Å². The molecule has 0 radical (unpaired) electrons. The molecule has 0 aliphatic carbocycles. The Morgan fingerprint density at radius 3 is 2.67 bits per heavy atom. The van der Waals surface area contributed by atoms with E-state index in [0.717, 1.165) is 6.07 Å². The quantitative estimate of drug-likeness (QED) is 0.563. The van der Waals surface area contributed by atoms with Crippen LogP contribution in [0.1, 0.15) is 10.4 Å². The van der Waals surface area contributed by atoms with Crippen LogP contribution in [0.3, 0.4) is 0 Å². The van der Waals surface area contributed by atoms with E-state index >= 15 is 0 Å². The van der Waals surface area contributed by atoms with Crippen LogP contribution in [0.4, 0.5) is 0 Å². The van der Waals surface area contributed by atoms with Crippen molar-refractivity contribution in [2.75, 3.05) is 0 Å². The van der Waals surface area contributed by atoms with Gasteiger partial charge in [0.05, 0.1) is 10.5 Å². The maximum absolute atomic E-state index is 11.3. The molecule has 6 nitrogen and oxygen atoms in total. The molecule has 1 aromatic rings. The molecule has 0 amide bonds. The number of sulfonamides is 1. The first-order chi connectivity index (χ1) is 6.97. The molecule has 0 aromatic heterocycles. The average molecular weight is 226 g/mol. The highest BCUT2D eigenvalue weighted by atomic mass is 32.2. The molecular weight excluding hydrogens is 220 g/mol. The highest BCUT2D eigenvalue weighted by Gasteiger charge is 2.14. The van der Waals surface area contributed by atoms with Gasteiger partial charge in [0.2, 0.25) is 0 Å². The predicted octanol–water partition coefficient (Wildman–Crippen LogP) is 0.144. The lowest BCUT2D eigenvalue weighted by atomic mass is 10.2. The molecule has 7 heteroatoms. The summed E-state index contributed by atoms with van der Waals surface area (Å²) in [5.41, 5.74) is -0.157. The summed E-state index contributed by atoms with van der Waals surface area (Å²) < 4.78 is 24.2. The molecule has 2 N–H and O–H groups in total. The van der Waals surface area contributed by atoms with E-state index in [0.29, 0.717) is 0 Å². The molecule has 0 bridgehead atoms. The van der Waals surface area contributed by atoms with Gasteiger partial charge in [-0.2, -0.15) is 5.26 Å². The Balaban J connectivity index is 3.24. The molecule has 0 aliphatic rings. The van der Waals surface area contributed by atoms with Crippen LogP contribution in [0.25, 0.3) is 0 Å². The van der Waals surface area contributed by atoms with Crippen molar-refractivity contribution in [1.29, 1.82) is 5.26 Å². The number of carboxylic acids is 1. The molecule has 0 spiro atoms. The van der Waals surface area contributed by atoms with E-state index in [1.807, 2.05) is 0 Å². The summed E-state index contributed by atoms with van der Waals surface area (Å²) in [5, 5.41) is 16.8. The van der Waals surface area contributed by atoms with Crippen LogP contribution in [-0.4, -0.2) is 19.5 Å². The Labute approximate surface area is 85.8 Å². The van der Waals surface area contributed by atoms with Gasteiger partial charge in [-0.3, -0.25) is 0 Å². The minimum Gasteiger partial charge on any atom is -0.478 e. The first kappa shape index (κ1) is 11.0. The van der Waals surface area contributed by atoms with E-state index in [9.17, 15) is 13.2 Å². The SMILES string of the molecule is N#CNS(=O)(=O)c1cccc(C(=O)O)c1. The second-order valence-corrected chi connectivity index (χ2v) is 4.23.